The highest BCUT2D eigenvalue weighted by Gasteiger charge is 2.41. The Morgan fingerprint density at radius 1 is 1.35 bits per heavy atom. The summed E-state index contributed by atoms with van der Waals surface area (Å²) in [7, 11) is 0. The molecule has 126 valence electrons. The molecule has 0 bridgehead atoms. The minimum Gasteiger partial charge on any atom is -0.345 e. The zero-order valence-corrected chi connectivity index (χ0v) is 15.3. The fourth-order valence-corrected chi connectivity index (χ4v) is 3.27. The summed E-state index contributed by atoms with van der Waals surface area (Å²) >= 11 is 1.41. The summed E-state index contributed by atoms with van der Waals surface area (Å²) in [5.41, 5.74) is 6.58. The van der Waals surface area contributed by atoms with Crippen molar-refractivity contribution in [2.45, 2.75) is 25.3 Å². The van der Waals surface area contributed by atoms with E-state index in [9.17, 15) is 4.79 Å². The molecule has 1 aromatic heterocycles. The predicted octanol–water partition coefficient (Wildman–Crippen LogP) is 3.51. The molecular formula is C16H21Cl2N3OS. The molecule has 1 atom stereocenters. The molecule has 1 aliphatic carbocycles. The van der Waals surface area contributed by atoms with E-state index in [1.54, 1.807) is 6.20 Å². The van der Waals surface area contributed by atoms with Gasteiger partial charge < -0.3 is 11.1 Å². The molecule has 4 nitrogen and oxygen atoms in total. The van der Waals surface area contributed by atoms with Crippen molar-refractivity contribution in [3.63, 3.8) is 0 Å². The number of carbonyl (C=O) groups excluding carboxylic acids is 1. The predicted molar refractivity (Wildman–Crippen MR) is 99.7 cm³/mol. The van der Waals surface area contributed by atoms with Crippen molar-refractivity contribution in [1.82, 2.24) is 10.3 Å². The molecule has 1 aliphatic rings. The van der Waals surface area contributed by atoms with Crippen molar-refractivity contribution in [3.05, 3.63) is 41.4 Å². The van der Waals surface area contributed by atoms with Crippen molar-refractivity contribution < 1.29 is 4.79 Å². The van der Waals surface area contributed by atoms with Crippen LogP contribution < -0.4 is 11.1 Å². The number of rotatable bonds is 5. The third-order valence-electron chi connectivity index (χ3n) is 4.05. The Labute approximate surface area is 152 Å². The lowest BCUT2D eigenvalue weighted by atomic mass is 9.96. The molecule has 1 unspecified atom stereocenters. The van der Waals surface area contributed by atoms with Crippen LogP contribution in [-0.4, -0.2) is 23.0 Å². The Bertz CT molecular complexity index is 646. The van der Waals surface area contributed by atoms with Gasteiger partial charge in [-0.05, 0) is 25.7 Å². The number of nitrogens with two attached hydrogens (primary N) is 1. The van der Waals surface area contributed by atoms with Gasteiger partial charge in [0.15, 0.2) is 0 Å². The van der Waals surface area contributed by atoms with Gasteiger partial charge in [-0.3, -0.25) is 4.79 Å². The number of benzene rings is 1. The molecule has 1 saturated carbocycles. The number of halogens is 2. The van der Waals surface area contributed by atoms with Gasteiger partial charge >= 0.3 is 0 Å². The van der Waals surface area contributed by atoms with Gasteiger partial charge in [-0.2, -0.15) is 0 Å². The van der Waals surface area contributed by atoms with Crippen LogP contribution in [0.15, 0.2) is 36.5 Å². The van der Waals surface area contributed by atoms with Gasteiger partial charge in [0, 0.05) is 12.1 Å². The van der Waals surface area contributed by atoms with Gasteiger partial charge in [-0.1, -0.05) is 30.3 Å². The number of hydrogen-bond acceptors (Lipinski definition) is 4. The fourth-order valence-electron chi connectivity index (χ4n) is 2.45. The van der Waals surface area contributed by atoms with E-state index in [0.717, 1.165) is 23.4 Å². The maximum Gasteiger partial charge on any atom is 0.263 e. The van der Waals surface area contributed by atoms with Gasteiger partial charge in [0.05, 0.1) is 11.7 Å². The molecule has 1 aromatic carbocycles. The topological polar surface area (TPSA) is 68.0 Å². The van der Waals surface area contributed by atoms with Gasteiger partial charge in [0.1, 0.15) is 9.88 Å². The van der Waals surface area contributed by atoms with Crippen LogP contribution in [-0.2, 0) is 0 Å². The Kier molecular flexibility index (Phi) is 7.02. The second-order valence-electron chi connectivity index (χ2n) is 5.75. The molecule has 1 fully saturated rings. The Hall–Kier alpha value is -1.14. The van der Waals surface area contributed by atoms with Crippen LogP contribution in [0.3, 0.4) is 0 Å². The van der Waals surface area contributed by atoms with E-state index in [4.69, 9.17) is 5.73 Å². The first-order valence-electron chi connectivity index (χ1n) is 7.16. The third-order valence-corrected chi connectivity index (χ3v) is 5.10. The van der Waals surface area contributed by atoms with E-state index in [1.165, 1.54) is 11.3 Å². The van der Waals surface area contributed by atoms with Crippen LogP contribution in [0.1, 0.15) is 29.4 Å². The van der Waals surface area contributed by atoms with Gasteiger partial charge in [-0.25, -0.2) is 4.98 Å². The largest absolute Gasteiger partial charge is 0.345 e. The number of thiazole rings is 1. The molecule has 3 rings (SSSR count). The summed E-state index contributed by atoms with van der Waals surface area (Å²) in [4.78, 5) is 17.4. The highest BCUT2D eigenvalue weighted by molar-refractivity contribution is 7.16. The molecule has 1 heterocycles. The molecule has 2 aromatic rings. The second kappa shape index (κ2) is 8.11. The van der Waals surface area contributed by atoms with Crippen LogP contribution in [0.2, 0.25) is 0 Å². The Morgan fingerprint density at radius 3 is 2.57 bits per heavy atom. The summed E-state index contributed by atoms with van der Waals surface area (Å²) in [6.45, 7) is 2.50. The highest BCUT2D eigenvalue weighted by Crippen LogP contribution is 2.39. The van der Waals surface area contributed by atoms with Crippen molar-refractivity contribution in [2.24, 2.45) is 11.7 Å². The third kappa shape index (κ3) is 4.44. The first-order chi connectivity index (χ1) is 10.1. The summed E-state index contributed by atoms with van der Waals surface area (Å²) in [6, 6.07) is 9.89. The lowest BCUT2D eigenvalue weighted by Gasteiger charge is -2.29. The molecule has 0 radical (unpaired) electrons. The molecular weight excluding hydrogens is 353 g/mol. The summed E-state index contributed by atoms with van der Waals surface area (Å²) in [5, 5.41) is 3.96. The van der Waals surface area contributed by atoms with Crippen molar-refractivity contribution in [3.8, 4) is 10.6 Å². The smallest absolute Gasteiger partial charge is 0.263 e. The number of nitrogens with zero attached hydrogens (tertiary/aromatic N) is 1. The molecule has 0 aliphatic heterocycles. The van der Waals surface area contributed by atoms with Gasteiger partial charge in [0.2, 0.25) is 0 Å². The monoisotopic (exact) mass is 373 g/mol. The Balaban J connectivity index is 0.00000132. The first kappa shape index (κ1) is 19.9. The van der Waals surface area contributed by atoms with Crippen LogP contribution >= 0.6 is 36.2 Å². The highest BCUT2D eigenvalue weighted by atomic mass is 35.5. The van der Waals surface area contributed by atoms with Crippen LogP contribution in [0.25, 0.3) is 10.6 Å². The van der Waals surface area contributed by atoms with E-state index in [1.807, 2.05) is 37.3 Å². The van der Waals surface area contributed by atoms with Crippen LogP contribution in [0.5, 0.6) is 0 Å². The zero-order chi connectivity index (χ0) is 14.9. The maximum absolute atomic E-state index is 12.4. The Morgan fingerprint density at radius 2 is 2.00 bits per heavy atom. The van der Waals surface area contributed by atoms with Gasteiger partial charge in [-0.15, -0.1) is 36.2 Å². The second-order valence-corrected chi connectivity index (χ2v) is 6.78. The number of carbonyl (C=O) groups is 1. The lowest BCUT2D eigenvalue weighted by molar-refractivity contribution is 0.0902. The van der Waals surface area contributed by atoms with Crippen LogP contribution in [0.4, 0.5) is 0 Å². The molecule has 23 heavy (non-hydrogen) atoms. The summed E-state index contributed by atoms with van der Waals surface area (Å²) < 4.78 is 0. The SMILES string of the molecule is CC(CN)(NC(=O)c1cnc(-c2ccccc2)s1)C1CC1.Cl.Cl. The van der Waals surface area contributed by atoms with E-state index >= 15 is 0 Å². The lowest BCUT2D eigenvalue weighted by Crippen LogP contribution is -2.53. The quantitative estimate of drug-likeness (QED) is 0.842. The number of amides is 1. The molecule has 3 N–H and O–H groups in total. The number of hydrogen-bond donors (Lipinski definition) is 2. The number of nitrogens with one attached hydrogen (secondary N) is 1. The van der Waals surface area contributed by atoms with E-state index in [2.05, 4.69) is 10.3 Å². The fraction of sp³-hybridized carbons (Fsp3) is 0.375. The summed E-state index contributed by atoms with van der Waals surface area (Å²) in [6.07, 6.45) is 3.93. The van der Waals surface area contributed by atoms with E-state index < -0.39 is 0 Å². The van der Waals surface area contributed by atoms with E-state index in [0.29, 0.717) is 17.3 Å². The average molecular weight is 374 g/mol. The molecule has 7 heteroatoms. The average Bonchev–Trinajstić information content (AvgIpc) is 3.26. The standard InChI is InChI=1S/C16H19N3OS.2ClH/c1-16(10-17,12-7-8-12)19-14(20)13-9-18-15(21-13)11-5-3-2-4-6-11;;/h2-6,9,12H,7-8,10,17H2,1H3,(H,19,20);2*1H. The summed E-state index contributed by atoms with van der Waals surface area (Å²) in [5.74, 6) is 0.433. The zero-order valence-electron chi connectivity index (χ0n) is 12.8. The minimum absolute atomic E-state index is 0. The molecule has 1 amide bonds. The van der Waals surface area contributed by atoms with Crippen LogP contribution in [0, 0.1) is 5.92 Å². The number of aromatic nitrogens is 1. The minimum atomic E-state index is -0.298. The first-order valence-corrected chi connectivity index (χ1v) is 7.98. The maximum atomic E-state index is 12.4. The van der Waals surface area contributed by atoms with Crippen molar-refractivity contribution in [1.29, 1.82) is 0 Å². The van der Waals surface area contributed by atoms with Crippen molar-refractivity contribution >= 4 is 42.1 Å². The van der Waals surface area contributed by atoms with E-state index in [-0.39, 0.29) is 36.3 Å². The van der Waals surface area contributed by atoms with Crippen molar-refractivity contribution in [2.75, 3.05) is 6.54 Å². The normalized spacial score (nSPS) is 15.7. The molecule has 0 saturated heterocycles. The van der Waals surface area contributed by atoms with Gasteiger partial charge in [0.25, 0.3) is 5.91 Å². The molecule has 0 spiro atoms.